The van der Waals surface area contributed by atoms with Crippen molar-refractivity contribution in [3.8, 4) is 0 Å². The summed E-state index contributed by atoms with van der Waals surface area (Å²) in [5.41, 5.74) is 0.342. The second-order valence-electron chi connectivity index (χ2n) is 3.10. The summed E-state index contributed by atoms with van der Waals surface area (Å²) >= 11 is 5.27. The van der Waals surface area contributed by atoms with Gasteiger partial charge < -0.3 is 15.1 Å². The first kappa shape index (κ1) is 13.2. The molecule has 0 saturated heterocycles. The van der Waals surface area contributed by atoms with E-state index in [-0.39, 0.29) is 5.88 Å². The molecule has 0 aliphatic rings. The molecule has 0 bridgehead atoms. The second kappa shape index (κ2) is 5.46. The fourth-order valence-corrected chi connectivity index (χ4v) is 2.14. The number of halogens is 1. The van der Waals surface area contributed by atoms with Crippen LogP contribution in [-0.2, 0) is 9.36 Å². The van der Waals surface area contributed by atoms with E-state index < -0.39 is 19.3 Å². The number of hydrogen-bond donors (Lipinski definition) is 3. The van der Waals surface area contributed by atoms with Gasteiger partial charge in [0.25, 0.3) is 0 Å². The van der Waals surface area contributed by atoms with Crippen LogP contribution in [0.3, 0.4) is 0 Å². The van der Waals surface area contributed by atoms with Crippen molar-refractivity contribution in [1.29, 1.82) is 0 Å². The van der Waals surface area contributed by atoms with E-state index in [1.165, 1.54) is 12.1 Å². The van der Waals surface area contributed by atoms with Crippen molar-refractivity contribution in [3.05, 3.63) is 35.9 Å². The Bertz CT molecular complexity index is 405. The lowest BCUT2D eigenvalue weighted by atomic mass is 10.2. The highest BCUT2D eigenvalue weighted by atomic mass is 35.5. The molecule has 0 saturated carbocycles. The van der Waals surface area contributed by atoms with E-state index in [1.54, 1.807) is 18.2 Å². The van der Waals surface area contributed by atoms with Gasteiger partial charge in [0, 0.05) is 0 Å². The number of amides is 1. The van der Waals surface area contributed by atoms with E-state index in [0.717, 1.165) is 0 Å². The third-order valence-electron chi connectivity index (χ3n) is 1.87. The minimum absolute atomic E-state index is 0.342. The number of carbonyl (C=O) groups excluding carboxylic acids is 1. The summed E-state index contributed by atoms with van der Waals surface area (Å²) in [7, 11) is -4.46. The zero-order valence-corrected chi connectivity index (χ0v) is 9.86. The molecule has 0 spiro atoms. The van der Waals surface area contributed by atoms with Gasteiger partial charge in [-0.1, -0.05) is 30.3 Å². The smallest absolute Gasteiger partial charge is 0.337 e. The standard InChI is InChI=1S/C9H11ClNO4P/c10-6-8(12)11-9(16(13,14)15)7-4-2-1-3-5-7/h1-5,9H,6H2,(H,11,12)(H2,13,14,15)/t9-/m1/s1. The van der Waals surface area contributed by atoms with Gasteiger partial charge in [0.05, 0.1) is 0 Å². The fraction of sp³-hybridized carbons (Fsp3) is 0.222. The van der Waals surface area contributed by atoms with Crippen molar-refractivity contribution < 1.29 is 19.1 Å². The van der Waals surface area contributed by atoms with Crippen molar-refractivity contribution >= 4 is 25.1 Å². The molecule has 0 aliphatic carbocycles. The van der Waals surface area contributed by atoms with Gasteiger partial charge in [0.1, 0.15) is 5.88 Å². The third-order valence-corrected chi connectivity index (χ3v) is 3.21. The Kier molecular flexibility index (Phi) is 4.50. The van der Waals surface area contributed by atoms with Crippen LogP contribution in [0.5, 0.6) is 0 Å². The third kappa shape index (κ3) is 3.61. The Morgan fingerprint density at radius 1 is 1.38 bits per heavy atom. The number of carbonyl (C=O) groups is 1. The first-order valence-electron chi connectivity index (χ1n) is 4.40. The normalized spacial score (nSPS) is 13.2. The van der Waals surface area contributed by atoms with Crippen molar-refractivity contribution in [2.45, 2.75) is 5.78 Å². The molecule has 7 heteroatoms. The van der Waals surface area contributed by atoms with Crippen molar-refractivity contribution in [2.75, 3.05) is 5.88 Å². The van der Waals surface area contributed by atoms with Crippen LogP contribution in [0.15, 0.2) is 30.3 Å². The van der Waals surface area contributed by atoms with Crippen LogP contribution in [0.4, 0.5) is 0 Å². The van der Waals surface area contributed by atoms with Gasteiger partial charge in [-0.25, -0.2) is 0 Å². The largest absolute Gasteiger partial charge is 0.352 e. The molecular weight excluding hydrogens is 253 g/mol. The summed E-state index contributed by atoms with van der Waals surface area (Å²) in [5, 5.41) is 2.19. The van der Waals surface area contributed by atoms with E-state index in [0.29, 0.717) is 5.56 Å². The topological polar surface area (TPSA) is 86.6 Å². The molecule has 0 aromatic heterocycles. The van der Waals surface area contributed by atoms with E-state index in [4.69, 9.17) is 21.4 Å². The van der Waals surface area contributed by atoms with Gasteiger partial charge in [-0.05, 0) is 5.56 Å². The lowest BCUT2D eigenvalue weighted by molar-refractivity contribution is -0.119. The van der Waals surface area contributed by atoms with Crippen LogP contribution in [0.25, 0.3) is 0 Å². The fourth-order valence-electron chi connectivity index (χ4n) is 1.19. The lowest BCUT2D eigenvalue weighted by Gasteiger charge is -2.19. The van der Waals surface area contributed by atoms with Gasteiger partial charge in [-0.3, -0.25) is 9.36 Å². The van der Waals surface area contributed by atoms with Crippen molar-refractivity contribution in [1.82, 2.24) is 5.32 Å². The first-order valence-corrected chi connectivity index (χ1v) is 6.62. The average Bonchev–Trinajstić information content (AvgIpc) is 2.25. The quantitative estimate of drug-likeness (QED) is 0.563. The summed E-state index contributed by atoms with van der Waals surface area (Å²) < 4.78 is 11.2. The van der Waals surface area contributed by atoms with E-state index in [1.807, 2.05) is 0 Å². The zero-order chi connectivity index (χ0) is 12.2. The Balaban J connectivity index is 2.98. The highest BCUT2D eigenvalue weighted by Crippen LogP contribution is 2.49. The number of hydrogen-bond acceptors (Lipinski definition) is 2. The van der Waals surface area contributed by atoms with Crippen LogP contribution >= 0.6 is 19.2 Å². The summed E-state index contributed by atoms with van der Waals surface area (Å²) in [6.07, 6.45) is 0. The van der Waals surface area contributed by atoms with E-state index >= 15 is 0 Å². The Labute approximate surface area is 97.6 Å². The maximum atomic E-state index is 11.2. The van der Waals surface area contributed by atoms with Gasteiger partial charge in [0.2, 0.25) is 5.91 Å². The molecule has 88 valence electrons. The van der Waals surface area contributed by atoms with Crippen LogP contribution in [-0.4, -0.2) is 21.6 Å². The summed E-state index contributed by atoms with van der Waals surface area (Å²) in [6.45, 7) is 0. The molecule has 0 radical (unpaired) electrons. The van der Waals surface area contributed by atoms with Crippen molar-refractivity contribution in [2.24, 2.45) is 0 Å². The first-order chi connectivity index (χ1) is 7.45. The number of nitrogens with one attached hydrogen (secondary N) is 1. The van der Waals surface area contributed by atoms with Gasteiger partial charge in [0.15, 0.2) is 5.78 Å². The van der Waals surface area contributed by atoms with Gasteiger partial charge in [-0.2, -0.15) is 0 Å². The number of benzene rings is 1. The van der Waals surface area contributed by atoms with Gasteiger partial charge in [-0.15, -0.1) is 11.6 Å². The molecule has 1 aromatic carbocycles. The molecule has 0 unspecified atom stereocenters. The molecule has 0 aliphatic heterocycles. The highest BCUT2D eigenvalue weighted by Gasteiger charge is 2.31. The van der Waals surface area contributed by atoms with Crippen LogP contribution in [0, 0.1) is 0 Å². The summed E-state index contributed by atoms with van der Waals surface area (Å²) in [4.78, 5) is 29.3. The maximum Gasteiger partial charge on any atom is 0.352 e. The minimum atomic E-state index is -4.46. The van der Waals surface area contributed by atoms with E-state index in [2.05, 4.69) is 5.32 Å². The monoisotopic (exact) mass is 263 g/mol. The maximum absolute atomic E-state index is 11.2. The molecule has 5 nitrogen and oxygen atoms in total. The van der Waals surface area contributed by atoms with Crippen molar-refractivity contribution in [3.63, 3.8) is 0 Å². The predicted molar refractivity (Wildman–Crippen MR) is 60.1 cm³/mol. The molecule has 0 heterocycles. The molecular formula is C9H11ClNO4P. The molecule has 1 amide bonds. The van der Waals surface area contributed by atoms with Gasteiger partial charge >= 0.3 is 7.60 Å². The molecule has 16 heavy (non-hydrogen) atoms. The lowest BCUT2D eigenvalue weighted by Crippen LogP contribution is -2.29. The highest BCUT2D eigenvalue weighted by molar-refractivity contribution is 7.52. The zero-order valence-electron chi connectivity index (χ0n) is 8.21. The Hall–Kier alpha value is -0.870. The molecule has 3 N–H and O–H groups in total. The molecule has 1 rings (SSSR count). The van der Waals surface area contributed by atoms with E-state index in [9.17, 15) is 9.36 Å². The number of rotatable bonds is 4. The van der Waals surface area contributed by atoms with Crippen LogP contribution in [0.2, 0.25) is 0 Å². The van der Waals surface area contributed by atoms with Crippen LogP contribution < -0.4 is 5.32 Å². The Morgan fingerprint density at radius 2 is 1.94 bits per heavy atom. The Morgan fingerprint density at radius 3 is 2.38 bits per heavy atom. The minimum Gasteiger partial charge on any atom is -0.337 e. The van der Waals surface area contributed by atoms with Crippen LogP contribution in [0.1, 0.15) is 11.3 Å². The molecule has 0 fully saturated rings. The predicted octanol–water partition coefficient (Wildman–Crippen LogP) is 1.22. The molecule has 1 atom stereocenters. The summed E-state index contributed by atoms with van der Waals surface area (Å²) in [6, 6.07) is 8.02. The number of alkyl halides is 1. The second-order valence-corrected chi connectivity index (χ2v) is 5.07. The average molecular weight is 264 g/mol. The molecule has 1 aromatic rings. The summed E-state index contributed by atoms with van der Waals surface area (Å²) in [5.74, 6) is -2.32. The SMILES string of the molecule is O=C(CCl)N[C@@H](c1ccccc1)P(=O)(O)O.